The second-order valence-electron chi connectivity index (χ2n) is 7.29. The molecule has 0 fully saturated rings. The van der Waals surface area contributed by atoms with Crippen LogP contribution in [0.25, 0.3) is 11.1 Å². The zero-order valence-electron chi connectivity index (χ0n) is 16.0. The van der Waals surface area contributed by atoms with Gasteiger partial charge < -0.3 is 30.0 Å². The van der Waals surface area contributed by atoms with E-state index in [0.29, 0.717) is 6.04 Å². The molecule has 2 heterocycles. The van der Waals surface area contributed by atoms with E-state index in [-0.39, 0.29) is 19.6 Å². The quantitative estimate of drug-likeness (QED) is 0.814. The smallest absolute Gasteiger partial charge is 0.231 e. The van der Waals surface area contributed by atoms with E-state index in [0.717, 1.165) is 52.5 Å². The van der Waals surface area contributed by atoms with Gasteiger partial charge in [-0.05, 0) is 63.1 Å². The van der Waals surface area contributed by atoms with Gasteiger partial charge in [-0.25, -0.2) is 0 Å². The van der Waals surface area contributed by atoms with Crippen molar-refractivity contribution in [3.8, 4) is 34.1 Å². The molecule has 27 heavy (non-hydrogen) atoms. The molecule has 0 spiro atoms. The van der Waals surface area contributed by atoms with Gasteiger partial charge in [-0.3, -0.25) is 0 Å². The number of hydrogen-bond donors (Lipinski definition) is 2. The summed E-state index contributed by atoms with van der Waals surface area (Å²) < 4.78 is 23.0. The summed E-state index contributed by atoms with van der Waals surface area (Å²) in [6.07, 6.45) is 1.62. The van der Waals surface area contributed by atoms with Gasteiger partial charge in [-0.1, -0.05) is 6.07 Å². The molecule has 2 aliphatic rings. The lowest BCUT2D eigenvalue weighted by molar-refractivity contribution is 0.173. The van der Waals surface area contributed by atoms with Crippen molar-refractivity contribution in [3.05, 3.63) is 35.4 Å². The second-order valence-corrected chi connectivity index (χ2v) is 7.29. The van der Waals surface area contributed by atoms with Gasteiger partial charge in [0.15, 0.2) is 23.0 Å². The van der Waals surface area contributed by atoms with Crippen molar-refractivity contribution >= 4 is 0 Å². The van der Waals surface area contributed by atoms with Crippen LogP contribution in [0.3, 0.4) is 0 Å². The van der Waals surface area contributed by atoms with Gasteiger partial charge >= 0.3 is 0 Å². The molecule has 3 N–H and O–H groups in total. The van der Waals surface area contributed by atoms with Crippen LogP contribution in [0.15, 0.2) is 24.3 Å². The fraction of sp³-hybridized carbons (Fsp3) is 0.429. The van der Waals surface area contributed by atoms with E-state index in [1.165, 1.54) is 5.56 Å². The van der Waals surface area contributed by atoms with Crippen molar-refractivity contribution in [2.45, 2.75) is 38.8 Å². The maximum absolute atomic E-state index is 6.04. The Balaban J connectivity index is 1.90. The molecule has 2 atom stereocenters. The Hall–Kier alpha value is -2.44. The van der Waals surface area contributed by atoms with Gasteiger partial charge in [0.25, 0.3) is 0 Å². The molecule has 0 radical (unpaired) electrons. The molecule has 2 aliphatic heterocycles. The monoisotopic (exact) mass is 370 g/mol. The van der Waals surface area contributed by atoms with Gasteiger partial charge in [-0.2, -0.15) is 0 Å². The van der Waals surface area contributed by atoms with Crippen molar-refractivity contribution in [3.63, 3.8) is 0 Å². The summed E-state index contributed by atoms with van der Waals surface area (Å²) in [6.45, 7) is 4.61. The second kappa shape index (κ2) is 7.29. The first-order chi connectivity index (χ1) is 13.1. The van der Waals surface area contributed by atoms with Crippen molar-refractivity contribution < 1.29 is 18.9 Å². The first-order valence-electron chi connectivity index (χ1n) is 9.34. The van der Waals surface area contributed by atoms with E-state index in [4.69, 9.17) is 24.7 Å². The van der Waals surface area contributed by atoms with Gasteiger partial charge in [0.05, 0.1) is 0 Å². The minimum atomic E-state index is 0.0584. The summed E-state index contributed by atoms with van der Waals surface area (Å²) >= 11 is 0. The van der Waals surface area contributed by atoms with E-state index in [9.17, 15) is 0 Å². The van der Waals surface area contributed by atoms with E-state index < -0.39 is 0 Å². The lowest BCUT2D eigenvalue weighted by Crippen LogP contribution is -2.23. The van der Waals surface area contributed by atoms with E-state index in [2.05, 4.69) is 24.4 Å². The number of fused-ring (bicyclic) bond motifs is 2. The zero-order valence-corrected chi connectivity index (χ0v) is 16.0. The molecule has 0 aliphatic carbocycles. The van der Waals surface area contributed by atoms with Crippen LogP contribution < -0.4 is 30.0 Å². The van der Waals surface area contributed by atoms with Crippen LogP contribution in [0.2, 0.25) is 0 Å². The molecule has 144 valence electrons. The van der Waals surface area contributed by atoms with Crippen LogP contribution in [0.5, 0.6) is 23.0 Å². The Morgan fingerprint density at radius 1 is 0.963 bits per heavy atom. The van der Waals surface area contributed by atoms with Crippen LogP contribution in [-0.4, -0.2) is 32.7 Å². The standard InChI is InChI=1S/C21H26N2O4/c1-12(22)6-14-8-16(20-18(9-14)25-11-26-20)19-15(7-13(2)23-3)4-5-17-21(19)27-10-24-17/h4-5,8-9,12-13,23H,6-7,10-11,22H2,1-3H3. The van der Waals surface area contributed by atoms with E-state index >= 15 is 0 Å². The molecular weight excluding hydrogens is 344 g/mol. The summed E-state index contributed by atoms with van der Waals surface area (Å²) in [4.78, 5) is 0. The van der Waals surface area contributed by atoms with Gasteiger partial charge in [0, 0.05) is 23.2 Å². The highest BCUT2D eigenvalue weighted by Gasteiger charge is 2.28. The third kappa shape index (κ3) is 3.42. The number of benzene rings is 2. The van der Waals surface area contributed by atoms with Crippen LogP contribution in [0.1, 0.15) is 25.0 Å². The highest BCUT2D eigenvalue weighted by Crippen LogP contribution is 2.50. The van der Waals surface area contributed by atoms with Crippen LogP contribution in [0.4, 0.5) is 0 Å². The fourth-order valence-electron chi connectivity index (χ4n) is 3.65. The highest BCUT2D eigenvalue weighted by atomic mass is 16.7. The van der Waals surface area contributed by atoms with Crippen LogP contribution in [-0.2, 0) is 12.8 Å². The molecule has 0 saturated heterocycles. The average Bonchev–Trinajstić information content (AvgIpc) is 3.29. The maximum atomic E-state index is 6.04. The maximum Gasteiger partial charge on any atom is 0.231 e. The summed E-state index contributed by atoms with van der Waals surface area (Å²) in [5.74, 6) is 3.04. The molecule has 2 aromatic carbocycles. The summed E-state index contributed by atoms with van der Waals surface area (Å²) in [5, 5.41) is 3.31. The van der Waals surface area contributed by atoms with Crippen molar-refractivity contribution in [1.82, 2.24) is 5.32 Å². The Kier molecular flexibility index (Phi) is 4.85. The average molecular weight is 370 g/mol. The molecule has 2 aromatic rings. The Labute approximate surface area is 159 Å². The first kappa shape index (κ1) is 17.9. The number of nitrogens with two attached hydrogens (primary N) is 1. The van der Waals surface area contributed by atoms with Crippen molar-refractivity contribution in [2.75, 3.05) is 20.6 Å². The van der Waals surface area contributed by atoms with Crippen molar-refractivity contribution in [1.29, 1.82) is 0 Å². The van der Waals surface area contributed by atoms with Gasteiger partial charge in [0.2, 0.25) is 13.6 Å². The topological polar surface area (TPSA) is 75.0 Å². The molecule has 0 amide bonds. The Bertz CT molecular complexity index is 851. The van der Waals surface area contributed by atoms with E-state index in [1.807, 2.05) is 26.1 Å². The summed E-state index contributed by atoms with van der Waals surface area (Å²) in [6, 6.07) is 8.63. The number of hydrogen-bond acceptors (Lipinski definition) is 6. The molecule has 6 heteroatoms. The zero-order chi connectivity index (χ0) is 19.0. The minimum Gasteiger partial charge on any atom is -0.454 e. The first-order valence-corrected chi connectivity index (χ1v) is 9.34. The molecular formula is C21H26N2O4. The minimum absolute atomic E-state index is 0.0584. The number of nitrogens with one attached hydrogen (secondary N) is 1. The SMILES string of the molecule is CNC(C)Cc1ccc2c(c1-c1cc(CC(C)N)cc3c1OCO3)OCO2. The van der Waals surface area contributed by atoms with Gasteiger partial charge in [-0.15, -0.1) is 0 Å². The molecule has 2 unspecified atom stereocenters. The van der Waals surface area contributed by atoms with Crippen LogP contribution >= 0.6 is 0 Å². The largest absolute Gasteiger partial charge is 0.454 e. The predicted molar refractivity (Wildman–Crippen MR) is 104 cm³/mol. The molecule has 0 aromatic heterocycles. The summed E-state index contributed by atoms with van der Waals surface area (Å²) in [7, 11) is 1.97. The third-order valence-corrected chi connectivity index (χ3v) is 5.00. The molecule has 6 nitrogen and oxygen atoms in total. The number of rotatable bonds is 6. The number of likely N-dealkylation sites (N-methyl/N-ethyl adjacent to an activating group) is 1. The summed E-state index contributed by atoms with van der Waals surface area (Å²) in [5.41, 5.74) is 10.3. The Morgan fingerprint density at radius 2 is 1.70 bits per heavy atom. The van der Waals surface area contributed by atoms with Crippen molar-refractivity contribution in [2.24, 2.45) is 5.73 Å². The molecule has 0 bridgehead atoms. The lowest BCUT2D eigenvalue weighted by Gasteiger charge is -2.18. The van der Waals surface area contributed by atoms with Gasteiger partial charge in [0.1, 0.15) is 0 Å². The lowest BCUT2D eigenvalue weighted by atomic mass is 9.91. The third-order valence-electron chi connectivity index (χ3n) is 5.00. The normalized spacial score (nSPS) is 16.4. The number of ether oxygens (including phenoxy) is 4. The van der Waals surface area contributed by atoms with Crippen LogP contribution in [0, 0.1) is 0 Å². The Morgan fingerprint density at radius 3 is 2.44 bits per heavy atom. The molecule has 4 rings (SSSR count). The predicted octanol–water partition coefficient (Wildman–Crippen LogP) is 2.85. The fourth-order valence-corrected chi connectivity index (χ4v) is 3.65. The van der Waals surface area contributed by atoms with E-state index in [1.54, 1.807) is 0 Å². The molecule has 0 saturated carbocycles. The highest BCUT2D eigenvalue weighted by molar-refractivity contribution is 5.84.